The van der Waals surface area contributed by atoms with E-state index in [0.29, 0.717) is 11.3 Å². The van der Waals surface area contributed by atoms with Crippen LogP contribution in [0.3, 0.4) is 0 Å². The molecule has 0 aliphatic rings. The average molecular weight is 327 g/mol. The first-order valence-corrected chi connectivity index (χ1v) is 7.67. The Morgan fingerprint density at radius 1 is 1.00 bits per heavy atom. The number of para-hydroxylation sites is 1. The molecule has 1 amide bonds. The second-order valence-electron chi connectivity index (χ2n) is 5.41. The zero-order chi connectivity index (χ0) is 17.5. The van der Waals surface area contributed by atoms with Crippen LogP contribution in [0.5, 0.6) is 0 Å². The minimum Gasteiger partial charge on any atom is -0.450 e. The number of carbonyl (C=O) groups excluding carboxylic acids is 2. The number of methoxy groups -OCH3 is 1. The van der Waals surface area contributed by atoms with Gasteiger partial charge in [0.2, 0.25) is 0 Å². The molecule has 0 radical (unpaired) electrons. The van der Waals surface area contributed by atoms with Crippen LogP contribution in [0.15, 0.2) is 54.6 Å². The Hall–Kier alpha value is -2.66. The summed E-state index contributed by atoms with van der Waals surface area (Å²) in [5, 5.41) is 2.76. The molecule has 24 heavy (non-hydrogen) atoms. The van der Waals surface area contributed by atoms with Gasteiger partial charge in [-0.2, -0.15) is 0 Å². The summed E-state index contributed by atoms with van der Waals surface area (Å²) in [6, 6.07) is 16.4. The van der Waals surface area contributed by atoms with Crippen molar-refractivity contribution in [1.82, 2.24) is 0 Å². The monoisotopic (exact) mass is 327 g/mol. The molecule has 2 atom stereocenters. The van der Waals surface area contributed by atoms with Gasteiger partial charge in [0.1, 0.15) is 0 Å². The molecular weight excluding hydrogens is 306 g/mol. The largest absolute Gasteiger partial charge is 0.450 e. The van der Waals surface area contributed by atoms with Crippen LogP contribution in [0, 0.1) is 6.92 Å². The van der Waals surface area contributed by atoms with Crippen LogP contribution in [0.4, 0.5) is 5.69 Å². The van der Waals surface area contributed by atoms with Gasteiger partial charge >= 0.3 is 5.97 Å². The Morgan fingerprint density at radius 2 is 1.62 bits per heavy atom. The molecule has 0 saturated carbocycles. The molecule has 2 aromatic carbocycles. The van der Waals surface area contributed by atoms with Gasteiger partial charge in [-0.1, -0.05) is 48.5 Å². The predicted octanol–water partition coefficient (Wildman–Crippen LogP) is 3.25. The maximum Gasteiger partial charge on any atom is 0.340 e. The van der Waals surface area contributed by atoms with E-state index < -0.39 is 18.2 Å². The maximum absolute atomic E-state index is 12.3. The van der Waals surface area contributed by atoms with Gasteiger partial charge in [0.05, 0.1) is 0 Å². The van der Waals surface area contributed by atoms with E-state index >= 15 is 0 Å². The summed E-state index contributed by atoms with van der Waals surface area (Å²) in [5.41, 5.74) is 2.30. The fourth-order valence-corrected chi connectivity index (χ4v) is 2.23. The number of rotatable bonds is 6. The number of hydrogen-bond acceptors (Lipinski definition) is 4. The minimum absolute atomic E-state index is 0.388. The van der Waals surface area contributed by atoms with Crippen molar-refractivity contribution in [2.75, 3.05) is 12.4 Å². The van der Waals surface area contributed by atoms with Crippen molar-refractivity contribution in [3.05, 3.63) is 65.7 Å². The molecule has 5 nitrogen and oxygen atoms in total. The average Bonchev–Trinajstić information content (AvgIpc) is 2.58. The van der Waals surface area contributed by atoms with Crippen LogP contribution in [-0.4, -0.2) is 25.1 Å². The number of nitrogens with one attached hydrogen (secondary N) is 1. The third-order valence-electron chi connectivity index (χ3n) is 3.62. The summed E-state index contributed by atoms with van der Waals surface area (Å²) in [7, 11) is 1.43. The number of hydrogen-bond donors (Lipinski definition) is 1. The van der Waals surface area contributed by atoms with Gasteiger partial charge in [-0.05, 0) is 31.0 Å². The Labute approximate surface area is 141 Å². The normalized spacial score (nSPS) is 13.0. The van der Waals surface area contributed by atoms with E-state index in [1.807, 2.05) is 43.3 Å². The summed E-state index contributed by atoms with van der Waals surface area (Å²) in [6.45, 7) is 3.42. The number of aryl methyl sites for hydroxylation is 1. The Bertz CT molecular complexity index is 700. The molecule has 0 aromatic heterocycles. The zero-order valence-electron chi connectivity index (χ0n) is 14.0. The van der Waals surface area contributed by atoms with Gasteiger partial charge in [0.15, 0.2) is 12.2 Å². The lowest BCUT2D eigenvalue weighted by atomic mass is 10.1. The molecule has 0 heterocycles. The SMILES string of the molecule is CO[C@@H](C(=O)O[C@@H](C)C(=O)Nc1ccccc1C)c1ccccc1. The van der Waals surface area contributed by atoms with Crippen LogP contribution >= 0.6 is 0 Å². The first-order valence-electron chi connectivity index (χ1n) is 7.67. The van der Waals surface area contributed by atoms with Crippen LogP contribution in [-0.2, 0) is 19.1 Å². The zero-order valence-corrected chi connectivity index (χ0v) is 14.0. The van der Waals surface area contributed by atoms with Crippen molar-refractivity contribution in [3.63, 3.8) is 0 Å². The fourth-order valence-electron chi connectivity index (χ4n) is 2.23. The van der Waals surface area contributed by atoms with Crippen LogP contribution in [0.25, 0.3) is 0 Å². The van der Waals surface area contributed by atoms with Crippen LogP contribution < -0.4 is 5.32 Å². The summed E-state index contributed by atoms with van der Waals surface area (Å²) in [6.07, 6.45) is -1.79. The summed E-state index contributed by atoms with van der Waals surface area (Å²) in [4.78, 5) is 24.5. The number of carbonyl (C=O) groups is 2. The van der Waals surface area contributed by atoms with Crippen molar-refractivity contribution in [3.8, 4) is 0 Å². The summed E-state index contributed by atoms with van der Waals surface area (Å²) < 4.78 is 10.5. The molecule has 0 spiro atoms. The van der Waals surface area contributed by atoms with E-state index in [1.165, 1.54) is 14.0 Å². The maximum atomic E-state index is 12.3. The summed E-state index contributed by atoms with van der Waals surface area (Å²) >= 11 is 0. The Balaban J connectivity index is 2.00. The third kappa shape index (κ3) is 4.43. The van der Waals surface area contributed by atoms with Gasteiger partial charge in [0, 0.05) is 12.8 Å². The van der Waals surface area contributed by atoms with Gasteiger partial charge in [-0.3, -0.25) is 4.79 Å². The standard InChI is InChI=1S/C19H21NO4/c1-13-9-7-8-12-16(13)20-18(21)14(2)24-19(22)17(23-3)15-10-5-4-6-11-15/h4-12,14,17H,1-3H3,(H,20,21)/t14-,17+/m0/s1. The lowest BCUT2D eigenvalue weighted by molar-refractivity contribution is -0.163. The van der Waals surface area contributed by atoms with Gasteiger partial charge < -0.3 is 14.8 Å². The van der Waals surface area contributed by atoms with Crippen molar-refractivity contribution >= 4 is 17.6 Å². The first kappa shape index (κ1) is 17.7. The van der Waals surface area contributed by atoms with E-state index in [1.54, 1.807) is 18.2 Å². The number of benzene rings is 2. The minimum atomic E-state index is -0.932. The van der Waals surface area contributed by atoms with E-state index in [9.17, 15) is 9.59 Å². The lowest BCUT2D eigenvalue weighted by Crippen LogP contribution is -2.32. The second kappa shape index (κ2) is 8.26. The molecule has 2 aromatic rings. The quantitative estimate of drug-likeness (QED) is 0.827. The molecule has 0 aliphatic heterocycles. The highest BCUT2D eigenvalue weighted by Gasteiger charge is 2.26. The Kier molecular flexibility index (Phi) is 6.09. The number of amides is 1. The van der Waals surface area contributed by atoms with Gasteiger partial charge in [-0.25, -0.2) is 4.79 Å². The highest BCUT2D eigenvalue weighted by Crippen LogP contribution is 2.19. The number of ether oxygens (including phenoxy) is 2. The highest BCUT2D eigenvalue weighted by molar-refractivity contribution is 5.95. The molecule has 0 aliphatic carbocycles. The Morgan fingerprint density at radius 3 is 2.25 bits per heavy atom. The van der Waals surface area contributed by atoms with Crippen LogP contribution in [0.2, 0.25) is 0 Å². The molecule has 5 heteroatoms. The number of esters is 1. The van der Waals surface area contributed by atoms with Crippen molar-refractivity contribution in [1.29, 1.82) is 0 Å². The smallest absolute Gasteiger partial charge is 0.340 e. The molecule has 0 saturated heterocycles. The summed E-state index contributed by atoms with van der Waals surface area (Å²) in [5.74, 6) is -0.989. The topological polar surface area (TPSA) is 64.6 Å². The van der Waals surface area contributed by atoms with Crippen molar-refractivity contribution < 1.29 is 19.1 Å². The van der Waals surface area contributed by atoms with Gasteiger partial charge in [-0.15, -0.1) is 0 Å². The number of anilines is 1. The molecule has 1 N–H and O–H groups in total. The predicted molar refractivity (Wildman–Crippen MR) is 91.6 cm³/mol. The van der Waals surface area contributed by atoms with E-state index in [-0.39, 0.29) is 5.91 Å². The van der Waals surface area contributed by atoms with Crippen molar-refractivity contribution in [2.45, 2.75) is 26.1 Å². The molecule has 0 fully saturated rings. The van der Waals surface area contributed by atoms with E-state index in [2.05, 4.69) is 5.32 Å². The van der Waals surface area contributed by atoms with E-state index in [4.69, 9.17) is 9.47 Å². The van der Waals surface area contributed by atoms with Crippen LogP contribution in [0.1, 0.15) is 24.2 Å². The first-order chi connectivity index (χ1) is 11.5. The molecular formula is C19H21NO4. The molecule has 0 bridgehead atoms. The fraction of sp³-hybridized carbons (Fsp3) is 0.263. The third-order valence-corrected chi connectivity index (χ3v) is 3.62. The lowest BCUT2D eigenvalue weighted by Gasteiger charge is -2.19. The highest BCUT2D eigenvalue weighted by atomic mass is 16.6. The molecule has 2 rings (SSSR count). The molecule has 0 unspecified atom stereocenters. The van der Waals surface area contributed by atoms with Crippen molar-refractivity contribution in [2.24, 2.45) is 0 Å². The van der Waals surface area contributed by atoms with E-state index in [0.717, 1.165) is 5.56 Å². The second-order valence-corrected chi connectivity index (χ2v) is 5.41. The van der Waals surface area contributed by atoms with Gasteiger partial charge in [0.25, 0.3) is 5.91 Å². The molecule has 126 valence electrons.